The second-order valence-corrected chi connectivity index (χ2v) is 1.67. The summed E-state index contributed by atoms with van der Waals surface area (Å²) < 4.78 is 46.8. The molecule has 6 heteroatoms. The Kier molecular flexibility index (Phi) is 2.61. The average Bonchev–Trinajstić information content (AvgIpc) is 1.61. The third-order valence-electron chi connectivity index (χ3n) is 0.775. The smallest absolute Gasteiger partial charge is 0.200 e. The van der Waals surface area contributed by atoms with Gasteiger partial charge in [0.1, 0.15) is 0 Å². The van der Waals surface area contributed by atoms with Gasteiger partial charge >= 0.3 is 11.8 Å². The third-order valence-corrected chi connectivity index (χ3v) is 0.775. The summed E-state index contributed by atoms with van der Waals surface area (Å²) in [4.78, 5) is 2.61. The van der Waals surface area contributed by atoms with Gasteiger partial charge in [0.2, 0.25) is 0 Å². The molecule has 0 saturated heterocycles. The Morgan fingerprint density at radius 2 is 1.70 bits per heavy atom. The van der Waals surface area contributed by atoms with Crippen molar-refractivity contribution in [2.45, 2.75) is 11.8 Å². The summed E-state index contributed by atoms with van der Waals surface area (Å²) in [6, 6.07) is 0. The van der Waals surface area contributed by atoms with Gasteiger partial charge in [-0.3, -0.25) is 0 Å². The zero-order chi connectivity index (χ0) is 8.41. The molecule has 10 heavy (non-hydrogen) atoms. The molecule has 0 aromatic heterocycles. The highest BCUT2D eigenvalue weighted by molar-refractivity contribution is 4.86. The molecule has 0 saturated carbocycles. The Hall–Kier alpha value is -0.360. The fraction of sp³-hybridized carbons (Fsp3) is 0.750. The van der Waals surface area contributed by atoms with Crippen LogP contribution in [0.4, 0.5) is 17.6 Å². The zero-order valence-electron chi connectivity index (χ0n) is 4.74. The molecule has 0 aliphatic rings. The van der Waals surface area contributed by atoms with Gasteiger partial charge in [-0.1, -0.05) is 0 Å². The normalized spacial score (nSPS) is 13.8. The second-order valence-electron chi connectivity index (χ2n) is 1.67. The fourth-order valence-electron chi connectivity index (χ4n) is 0.180. The Labute approximate surface area is 54.3 Å². The molecule has 0 aliphatic heterocycles. The minimum atomic E-state index is -4.49. The van der Waals surface area contributed by atoms with Crippen LogP contribution >= 0.6 is 0 Å². The van der Waals surface area contributed by atoms with Crippen LogP contribution in [0.25, 0.3) is 0 Å². The van der Waals surface area contributed by atoms with Crippen LogP contribution in [0, 0.1) is 6.92 Å². The monoisotopic (exact) mass is 160 g/mol. The minimum Gasteiger partial charge on any atom is -0.200 e. The summed E-state index contributed by atoms with van der Waals surface area (Å²) in [7, 11) is 0. The van der Waals surface area contributed by atoms with Gasteiger partial charge in [0.15, 0.2) is 6.61 Å². The van der Waals surface area contributed by atoms with Crippen molar-refractivity contribution < 1.29 is 27.7 Å². The van der Waals surface area contributed by atoms with Gasteiger partial charge in [-0.2, -0.15) is 22.4 Å². The number of hydrogen-bond donors (Lipinski definition) is 0. The van der Waals surface area contributed by atoms with Crippen molar-refractivity contribution in [3.8, 4) is 0 Å². The van der Waals surface area contributed by atoms with E-state index >= 15 is 0 Å². The largest absolute Gasteiger partial charge is 0.336 e. The SMILES string of the molecule is [CH2]C(F)(F)C(F)(F)CO[O]. The van der Waals surface area contributed by atoms with Crippen molar-refractivity contribution in [2.24, 2.45) is 0 Å². The van der Waals surface area contributed by atoms with E-state index in [-0.39, 0.29) is 0 Å². The van der Waals surface area contributed by atoms with Crippen LogP contribution in [-0.2, 0) is 10.1 Å². The Balaban J connectivity index is 4.10. The third kappa shape index (κ3) is 2.11. The number of alkyl halides is 4. The standard InChI is InChI=1S/C4H4F4O2/c1-3(5,6)4(7,8)2-10-9/h1-2H2. The van der Waals surface area contributed by atoms with Gasteiger partial charge in [0.25, 0.3) is 0 Å². The van der Waals surface area contributed by atoms with E-state index in [2.05, 4.69) is 4.89 Å². The molecule has 0 heterocycles. The minimum absolute atomic E-state index is 1.86. The van der Waals surface area contributed by atoms with Crippen molar-refractivity contribution in [3.63, 3.8) is 0 Å². The quantitative estimate of drug-likeness (QED) is 0.349. The van der Waals surface area contributed by atoms with Crippen LogP contribution < -0.4 is 0 Å². The fourth-order valence-corrected chi connectivity index (χ4v) is 0.180. The second kappa shape index (κ2) is 2.71. The highest BCUT2D eigenvalue weighted by atomic mass is 19.3. The van der Waals surface area contributed by atoms with Crippen LogP contribution in [0.3, 0.4) is 0 Å². The van der Waals surface area contributed by atoms with E-state index in [1.54, 1.807) is 0 Å². The van der Waals surface area contributed by atoms with E-state index in [0.717, 1.165) is 0 Å². The highest BCUT2D eigenvalue weighted by Crippen LogP contribution is 2.32. The molecule has 2 nitrogen and oxygen atoms in total. The molecule has 0 atom stereocenters. The van der Waals surface area contributed by atoms with Crippen molar-refractivity contribution in [3.05, 3.63) is 6.92 Å². The van der Waals surface area contributed by atoms with Gasteiger partial charge in [0.05, 0.1) is 0 Å². The van der Waals surface area contributed by atoms with E-state index in [1.165, 1.54) is 0 Å². The van der Waals surface area contributed by atoms with E-state index < -0.39 is 18.5 Å². The number of hydrogen-bond acceptors (Lipinski definition) is 1. The van der Waals surface area contributed by atoms with Crippen molar-refractivity contribution in [1.29, 1.82) is 0 Å². The van der Waals surface area contributed by atoms with Crippen molar-refractivity contribution >= 4 is 0 Å². The van der Waals surface area contributed by atoms with Crippen molar-refractivity contribution in [2.75, 3.05) is 6.61 Å². The summed E-state index contributed by atoms with van der Waals surface area (Å²) in [5, 5.41) is 9.05. The first-order chi connectivity index (χ1) is 4.31. The van der Waals surface area contributed by atoms with E-state index in [9.17, 15) is 17.6 Å². The molecule has 0 aliphatic carbocycles. The molecule has 2 radical (unpaired) electrons. The molecule has 0 fully saturated rings. The summed E-state index contributed by atoms with van der Waals surface area (Å²) in [6.45, 7) is -0.0131. The maximum atomic E-state index is 11.8. The maximum absolute atomic E-state index is 11.8. The molecule has 0 N–H and O–H groups in total. The highest BCUT2D eigenvalue weighted by Gasteiger charge is 2.52. The van der Waals surface area contributed by atoms with Crippen molar-refractivity contribution in [1.82, 2.24) is 0 Å². The predicted molar refractivity (Wildman–Crippen MR) is 21.9 cm³/mol. The Bertz CT molecular complexity index is 108. The van der Waals surface area contributed by atoms with E-state index in [1.807, 2.05) is 6.92 Å². The van der Waals surface area contributed by atoms with Crippen LogP contribution in [0.15, 0.2) is 0 Å². The molecule has 0 aromatic rings. The molecular formula is C4H4F4O2. The summed E-state index contributed by atoms with van der Waals surface area (Å²) in [5.74, 6) is -8.95. The number of rotatable bonds is 3. The summed E-state index contributed by atoms with van der Waals surface area (Å²) >= 11 is 0. The molecule has 0 bridgehead atoms. The average molecular weight is 160 g/mol. The molecule has 0 amide bonds. The first-order valence-electron chi connectivity index (χ1n) is 2.17. The first-order valence-corrected chi connectivity index (χ1v) is 2.17. The zero-order valence-corrected chi connectivity index (χ0v) is 4.74. The lowest BCUT2D eigenvalue weighted by atomic mass is 10.2. The topological polar surface area (TPSA) is 29.1 Å². The molecule has 60 valence electrons. The molecular weight excluding hydrogens is 156 g/mol. The molecule has 0 unspecified atom stereocenters. The molecule has 0 spiro atoms. The van der Waals surface area contributed by atoms with Gasteiger partial charge in [-0.05, 0) is 5.26 Å². The lowest BCUT2D eigenvalue weighted by molar-refractivity contribution is -0.350. The van der Waals surface area contributed by atoms with Gasteiger partial charge in [-0.25, -0.2) is 0 Å². The van der Waals surface area contributed by atoms with Gasteiger partial charge < -0.3 is 0 Å². The van der Waals surface area contributed by atoms with Gasteiger partial charge in [-0.15, -0.1) is 0 Å². The predicted octanol–water partition coefficient (Wildman–Crippen LogP) is 1.45. The Morgan fingerprint density at radius 1 is 1.30 bits per heavy atom. The Morgan fingerprint density at radius 3 is 1.80 bits per heavy atom. The van der Waals surface area contributed by atoms with Crippen LogP contribution in [0.1, 0.15) is 0 Å². The van der Waals surface area contributed by atoms with Gasteiger partial charge in [0, 0.05) is 6.92 Å². The van der Waals surface area contributed by atoms with E-state index in [0.29, 0.717) is 0 Å². The van der Waals surface area contributed by atoms with Crippen LogP contribution in [-0.4, -0.2) is 18.5 Å². The molecule has 0 rings (SSSR count). The first kappa shape index (κ1) is 9.64. The lowest BCUT2D eigenvalue weighted by Crippen LogP contribution is -2.41. The summed E-state index contributed by atoms with van der Waals surface area (Å²) in [5.41, 5.74) is 0. The van der Waals surface area contributed by atoms with E-state index in [4.69, 9.17) is 5.26 Å². The summed E-state index contributed by atoms with van der Waals surface area (Å²) in [6.07, 6.45) is 0. The lowest BCUT2D eigenvalue weighted by Gasteiger charge is -2.20. The van der Waals surface area contributed by atoms with Crippen LogP contribution in [0.5, 0.6) is 0 Å². The van der Waals surface area contributed by atoms with Crippen LogP contribution in [0.2, 0.25) is 0 Å². The maximum Gasteiger partial charge on any atom is 0.336 e. The molecule has 0 aromatic carbocycles. The number of halogens is 4.